The van der Waals surface area contributed by atoms with Gasteiger partial charge in [0.15, 0.2) is 0 Å². The summed E-state index contributed by atoms with van der Waals surface area (Å²) in [5.74, 6) is 1.37. The molecule has 0 saturated heterocycles. The van der Waals surface area contributed by atoms with Crippen molar-refractivity contribution < 1.29 is 0 Å². The summed E-state index contributed by atoms with van der Waals surface area (Å²) in [6.45, 7) is 5.99. The van der Waals surface area contributed by atoms with Crippen LogP contribution in [-0.4, -0.2) is 9.97 Å². The summed E-state index contributed by atoms with van der Waals surface area (Å²) in [5.41, 5.74) is 10.2. The van der Waals surface area contributed by atoms with Gasteiger partial charge in [0.2, 0.25) is 0 Å². The molecule has 0 saturated carbocycles. The predicted molar refractivity (Wildman–Crippen MR) is 69.9 cm³/mol. The molecule has 3 nitrogen and oxygen atoms in total. The lowest BCUT2D eigenvalue weighted by Crippen LogP contribution is -2.05. The number of aromatic nitrogens is 2. The molecule has 0 unspecified atom stereocenters. The molecule has 0 amide bonds. The van der Waals surface area contributed by atoms with Gasteiger partial charge in [-0.25, -0.2) is 9.97 Å². The Balaban J connectivity index is 2.27. The highest BCUT2D eigenvalue weighted by molar-refractivity contribution is 5.41. The standard InChI is InChI=1S/C14H17N3/c1-9-4-6-12(7-5-9)8-13-16-11(3)10(2)14(15)17-13/h4-7H,8H2,1-3H3,(H2,15,16,17). The Morgan fingerprint density at radius 1 is 1.00 bits per heavy atom. The number of anilines is 1. The van der Waals surface area contributed by atoms with Crippen LogP contribution in [0.4, 0.5) is 5.82 Å². The minimum Gasteiger partial charge on any atom is -0.383 e. The summed E-state index contributed by atoms with van der Waals surface area (Å²) in [7, 11) is 0. The van der Waals surface area contributed by atoms with Crippen molar-refractivity contribution >= 4 is 5.82 Å². The number of hydrogen-bond donors (Lipinski definition) is 1. The first kappa shape index (κ1) is 11.6. The van der Waals surface area contributed by atoms with Crippen LogP contribution in [0.15, 0.2) is 24.3 Å². The average molecular weight is 227 g/mol. The van der Waals surface area contributed by atoms with E-state index in [0.717, 1.165) is 23.5 Å². The van der Waals surface area contributed by atoms with Crippen LogP contribution in [0.3, 0.4) is 0 Å². The van der Waals surface area contributed by atoms with Crippen molar-refractivity contribution in [2.45, 2.75) is 27.2 Å². The molecule has 2 rings (SSSR count). The van der Waals surface area contributed by atoms with Crippen LogP contribution in [0.25, 0.3) is 0 Å². The summed E-state index contributed by atoms with van der Waals surface area (Å²) < 4.78 is 0. The number of hydrogen-bond acceptors (Lipinski definition) is 3. The average Bonchev–Trinajstić information content (AvgIpc) is 2.29. The molecule has 1 aromatic heterocycles. The fraction of sp³-hybridized carbons (Fsp3) is 0.286. The number of nitrogens with zero attached hydrogens (tertiary/aromatic N) is 2. The van der Waals surface area contributed by atoms with E-state index in [1.807, 2.05) is 13.8 Å². The summed E-state index contributed by atoms with van der Waals surface area (Å²) in [6, 6.07) is 8.40. The number of rotatable bonds is 2. The van der Waals surface area contributed by atoms with E-state index in [-0.39, 0.29) is 0 Å². The molecular formula is C14H17N3. The van der Waals surface area contributed by atoms with Gasteiger partial charge >= 0.3 is 0 Å². The quantitative estimate of drug-likeness (QED) is 0.857. The van der Waals surface area contributed by atoms with Gasteiger partial charge in [0.1, 0.15) is 11.6 Å². The fourth-order valence-corrected chi connectivity index (χ4v) is 1.68. The molecule has 3 heteroatoms. The molecule has 0 aliphatic heterocycles. The van der Waals surface area contributed by atoms with Gasteiger partial charge in [-0.05, 0) is 26.3 Å². The SMILES string of the molecule is Cc1ccc(Cc2nc(C)c(C)c(N)n2)cc1. The maximum absolute atomic E-state index is 5.85. The van der Waals surface area contributed by atoms with Crippen molar-refractivity contribution in [3.05, 3.63) is 52.5 Å². The first-order valence-electron chi connectivity index (χ1n) is 5.71. The molecule has 0 fully saturated rings. The number of nitrogens with two attached hydrogens (primary N) is 1. The van der Waals surface area contributed by atoms with E-state index in [1.54, 1.807) is 0 Å². The smallest absolute Gasteiger partial charge is 0.135 e. The molecule has 1 heterocycles. The lowest BCUT2D eigenvalue weighted by atomic mass is 10.1. The highest BCUT2D eigenvalue weighted by Crippen LogP contribution is 2.13. The van der Waals surface area contributed by atoms with E-state index in [2.05, 4.69) is 41.2 Å². The highest BCUT2D eigenvalue weighted by atomic mass is 14.9. The van der Waals surface area contributed by atoms with Gasteiger partial charge < -0.3 is 5.73 Å². The second-order valence-corrected chi connectivity index (χ2v) is 4.40. The van der Waals surface area contributed by atoms with Gasteiger partial charge in [-0.1, -0.05) is 29.8 Å². The molecule has 88 valence electrons. The molecule has 2 aromatic rings. The monoisotopic (exact) mass is 227 g/mol. The molecule has 17 heavy (non-hydrogen) atoms. The van der Waals surface area contributed by atoms with Crippen LogP contribution in [0.5, 0.6) is 0 Å². The fourth-order valence-electron chi connectivity index (χ4n) is 1.68. The van der Waals surface area contributed by atoms with E-state index in [0.29, 0.717) is 5.82 Å². The van der Waals surface area contributed by atoms with E-state index in [4.69, 9.17) is 5.73 Å². The van der Waals surface area contributed by atoms with Crippen LogP contribution in [-0.2, 0) is 6.42 Å². The van der Waals surface area contributed by atoms with Gasteiger partial charge in [0, 0.05) is 17.7 Å². The highest BCUT2D eigenvalue weighted by Gasteiger charge is 2.05. The third-order valence-corrected chi connectivity index (χ3v) is 2.96. The summed E-state index contributed by atoms with van der Waals surface area (Å²) >= 11 is 0. The van der Waals surface area contributed by atoms with Gasteiger partial charge in [-0.2, -0.15) is 0 Å². The van der Waals surface area contributed by atoms with Crippen molar-refractivity contribution in [1.82, 2.24) is 9.97 Å². The third kappa shape index (κ3) is 2.61. The second-order valence-electron chi connectivity index (χ2n) is 4.40. The van der Waals surface area contributed by atoms with Gasteiger partial charge in [-0.15, -0.1) is 0 Å². The Morgan fingerprint density at radius 3 is 2.24 bits per heavy atom. The van der Waals surface area contributed by atoms with Crippen molar-refractivity contribution in [2.75, 3.05) is 5.73 Å². The Labute approximate surface area is 102 Å². The van der Waals surface area contributed by atoms with Crippen LogP contribution in [0, 0.1) is 20.8 Å². The Morgan fingerprint density at radius 2 is 1.65 bits per heavy atom. The molecule has 0 radical (unpaired) electrons. The molecule has 0 spiro atoms. The molecule has 0 atom stereocenters. The lowest BCUT2D eigenvalue weighted by Gasteiger charge is -2.07. The van der Waals surface area contributed by atoms with Crippen LogP contribution in [0.1, 0.15) is 28.2 Å². The van der Waals surface area contributed by atoms with Crippen LogP contribution < -0.4 is 5.73 Å². The van der Waals surface area contributed by atoms with E-state index < -0.39 is 0 Å². The summed E-state index contributed by atoms with van der Waals surface area (Å²) in [5, 5.41) is 0. The zero-order valence-corrected chi connectivity index (χ0v) is 10.5. The number of nitrogen functional groups attached to an aromatic ring is 1. The van der Waals surface area contributed by atoms with Crippen LogP contribution >= 0.6 is 0 Å². The molecular weight excluding hydrogens is 210 g/mol. The zero-order valence-electron chi connectivity index (χ0n) is 10.5. The Hall–Kier alpha value is -1.90. The molecule has 0 aliphatic rings. The minimum absolute atomic E-state index is 0.583. The van der Waals surface area contributed by atoms with E-state index in [9.17, 15) is 0 Å². The number of benzene rings is 1. The lowest BCUT2D eigenvalue weighted by molar-refractivity contribution is 0.933. The van der Waals surface area contributed by atoms with Crippen molar-refractivity contribution in [3.63, 3.8) is 0 Å². The van der Waals surface area contributed by atoms with Gasteiger partial charge in [0.25, 0.3) is 0 Å². The van der Waals surface area contributed by atoms with E-state index >= 15 is 0 Å². The van der Waals surface area contributed by atoms with Gasteiger partial charge in [0.05, 0.1) is 0 Å². The van der Waals surface area contributed by atoms with Crippen molar-refractivity contribution in [2.24, 2.45) is 0 Å². The zero-order chi connectivity index (χ0) is 12.4. The first-order chi connectivity index (χ1) is 8.06. The Bertz CT molecular complexity index is 507. The summed E-state index contributed by atoms with van der Waals surface area (Å²) in [4.78, 5) is 8.78. The molecule has 0 aliphatic carbocycles. The molecule has 1 aromatic carbocycles. The molecule has 0 bridgehead atoms. The minimum atomic E-state index is 0.583. The van der Waals surface area contributed by atoms with Crippen molar-refractivity contribution in [3.8, 4) is 0 Å². The largest absolute Gasteiger partial charge is 0.383 e. The predicted octanol–water partition coefficient (Wildman–Crippen LogP) is 2.57. The van der Waals surface area contributed by atoms with Crippen molar-refractivity contribution in [1.29, 1.82) is 0 Å². The topological polar surface area (TPSA) is 51.8 Å². The maximum Gasteiger partial charge on any atom is 0.135 e. The van der Waals surface area contributed by atoms with Gasteiger partial charge in [-0.3, -0.25) is 0 Å². The first-order valence-corrected chi connectivity index (χ1v) is 5.71. The third-order valence-electron chi connectivity index (χ3n) is 2.96. The maximum atomic E-state index is 5.85. The van der Waals surface area contributed by atoms with E-state index in [1.165, 1.54) is 11.1 Å². The summed E-state index contributed by atoms with van der Waals surface area (Å²) in [6.07, 6.45) is 0.728. The normalized spacial score (nSPS) is 10.5. The second kappa shape index (κ2) is 4.53. The Kier molecular flexibility index (Phi) is 3.09. The molecule has 2 N–H and O–H groups in total. The van der Waals surface area contributed by atoms with Crippen LogP contribution in [0.2, 0.25) is 0 Å². The number of aryl methyl sites for hydroxylation is 2.